The first kappa shape index (κ1) is 15.5. The number of carbonyl (C=O) groups is 1. The number of ether oxygens (including phenoxy) is 1. The van der Waals surface area contributed by atoms with Crippen LogP contribution in [0.2, 0.25) is 0 Å². The highest BCUT2D eigenvalue weighted by Gasteiger charge is 2.15. The van der Waals surface area contributed by atoms with Gasteiger partial charge in [0.2, 0.25) is 0 Å². The van der Waals surface area contributed by atoms with Crippen LogP contribution in [0.5, 0.6) is 5.75 Å². The minimum Gasteiger partial charge on any atom is -0.507 e. The molecular formula is C17H16N2O3. The zero-order valence-electron chi connectivity index (χ0n) is 12.1. The van der Waals surface area contributed by atoms with Gasteiger partial charge in [0.05, 0.1) is 18.7 Å². The van der Waals surface area contributed by atoms with Crippen molar-refractivity contribution in [3.8, 4) is 22.9 Å². The molecule has 1 atom stereocenters. The lowest BCUT2D eigenvalue weighted by Gasteiger charge is -2.12. The van der Waals surface area contributed by atoms with E-state index in [2.05, 4.69) is 4.74 Å². The molecule has 0 aromatic heterocycles. The molecule has 0 amide bonds. The van der Waals surface area contributed by atoms with E-state index < -0.39 is 12.0 Å². The SMILES string of the molecule is COC(=O)[C@@H](N)Cc1ccc(O)c(-c2ccc(C#N)cc2)c1. The van der Waals surface area contributed by atoms with Gasteiger partial charge in [-0.25, -0.2) is 0 Å². The summed E-state index contributed by atoms with van der Waals surface area (Å²) in [5.74, 6) is -0.354. The summed E-state index contributed by atoms with van der Waals surface area (Å²) >= 11 is 0. The van der Waals surface area contributed by atoms with Gasteiger partial charge in [-0.1, -0.05) is 18.2 Å². The van der Waals surface area contributed by atoms with Crippen molar-refractivity contribution in [1.82, 2.24) is 0 Å². The van der Waals surface area contributed by atoms with Crippen LogP contribution in [-0.4, -0.2) is 24.2 Å². The van der Waals surface area contributed by atoms with Crippen molar-refractivity contribution < 1.29 is 14.6 Å². The summed E-state index contributed by atoms with van der Waals surface area (Å²) in [5, 5.41) is 18.8. The number of rotatable bonds is 4. The number of nitrogens with zero attached hydrogens (tertiary/aromatic N) is 1. The van der Waals surface area contributed by atoms with Crippen molar-refractivity contribution in [3.63, 3.8) is 0 Å². The van der Waals surface area contributed by atoms with Gasteiger partial charge in [-0.2, -0.15) is 5.26 Å². The molecule has 0 bridgehead atoms. The Morgan fingerprint density at radius 2 is 2.00 bits per heavy atom. The topological polar surface area (TPSA) is 96.3 Å². The summed E-state index contributed by atoms with van der Waals surface area (Å²) in [5.41, 5.74) is 8.52. The molecule has 0 spiro atoms. The van der Waals surface area contributed by atoms with E-state index in [1.165, 1.54) is 7.11 Å². The summed E-state index contributed by atoms with van der Waals surface area (Å²) < 4.78 is 4.60. The Morgan fingerprint density at radius 1 is 1.32 bits per heavy atom. The highest BCUT2D eigenvalue weighted by atomic mass is 16.5. The average Bonchev–Trinajstić information content (AvgIpc) is 2.55. The van der Waals surface area contributed by atoms with E-state index in [0.29, 0.717) is 17.5 Å². The van der Waals surface area contributed by atoms with Crippen LogP contribution in [0.3, 0.4) is 0 Å². The van der Waals surface area contributed by atoms with Crippen molar-refractivity contribution in [2.75, 3.05) is 7.11 Å². The lowest BCUT2D eigenvalue weighted by molar-refractivity contribution is -0.142. The third-order valence-electron chi connectivity index (χ3n) is 3.35. The molecule has 0 aliphatic rings. The first-order valence-corrected chi connectivity index (χ1v) is 6.71. The Morgan fingerprint density at radius 3 is 2.59 bits per heavy atom. The predicted molar refractivity (Wildman–Crippen MR) is 82.0 cm³/mol. The fourth-order valence-electron chi connectivity index (χ4n) is 2.15. The van der Waals surface area contributed by atoms with Gasteiger partial charge >= 0.3 is 5.97 Å². The molecule has 0 heterocycles. The maximum absolute atomic E-state index is 11.4. The number of carbonyl (C=O) groups excluding carboxylic acids is 1. The van der Waals surface area contributed by atoms with Gasteiger partial charge in [0.25, 0.3) is 0 Å². The number of phenolic OH excluding ortho intramolecular Hbond substituents is 1. The van der Waals surface area contributed by atoms with E-state index in [0.717, 1.165) is 11.1 Å². The number of nitriles is 1. The van der Waals surface area contributed by atoms with Crippen LogP contribution >= 0.6 is 0 Å². The summed E-state index contributed by atoms with van der Waals surface area (Å²) in [6, 6.07) is 13.2. The van der Waals surface area contributed by atoms with Crippen LogP contribution in [-0.2, 0) is 16.0 Å². The average molecular weight is 296 g/mol. The Hall–Kier alpha value is -2.84. The third-order valence-corrected chi connectivity index (χ3v) is 3.35. The molecule has 2 aromatic rings. The van der Waals surface area contributed by atoms with Crippen molar-refractivity contribution in [2.45, 2.75) is 12.5 Å². The molecule has 5 nitrogen and oxygen atoms in total. The molecule has 0 aliphatic heterocycles. The van der Waals surface area contributed by atoms with E-state index in [1.54, 1.807) is 42.5 Å². The van der Waals surface area contributed by atoms with Crippen LogP contribution in [0, 0.1) is 11.3 Å². The maximum atomic E-state index is 11.4. The number of esters is 1. The Labute approximate surface area is 128 Å². The normalized spacial score (nSPS) is 11.5. The number of benzene rings is 2. The standard InChI is InChI=1S/C17H16N2O3/c1-22-17(21)15(19)9-12-4-7-16(20)14(8-12)13-5-2-11(10-18)3-6-13/h2-8,15,20H,9,19H2,1H3/t15-/m0/s1. The lowest BCUT2D eigenvalue weighted by atomic mass is 9.98. The zero-order valence-corrected chi connectivity index (χ0v) is 12.1. The molecule has 112 valence electrons. The van der Waals surface area contributed by atoms with Crippen LogP contribution < -0.4 is 5.73 Å². The van der Waals surface area contributed by atoms with Crippen molar-refractivity contribution in [3.05, 3.63) is 53.6 Å². The second kappa shape index (κ2) is 6.74. The molecule has 2 aromatic carbocycles. The van der Waals surface area contributed by atoms with Gasteiger partial charge in [0.15, 0.2) is 0 Å². The minimum atomic E-state index is -0.747. The number of hydrogen-bond donors (Lipinski definition) is 2. The van der Waals surface area contributed by atoms with E-state index in [1.807, 2.05) is 6.07 Å². The van der Waals surface area contributed by atoms with Crippen LogP contribution in [0.1, 0.15) is 11.1 Å². The summed E-state index contributed by atoms with van der Waals surface area (Å²) in [7, 11) is 1.29. The van der Waals surface area contributed by atoms with Crippen LogP contribution in [0.4, 0.5) is 0 Å². The number of nitrogens with two attached hydrogens (primary N) is 1. The highest BCUT2D eigenvalue weighted by Crippen LogP contribution is 2.30. The number of phenols is 1. The molecule has 0 saturated carbocycles. The van der Waals surface area contributed by atoms with Crippen LogP contribution in [0.15, 0.2) is 42.5 Å². The largest absolute Gasteiger partial charge is 0.507 e. The van der Waals surface area contributed by atoms with Gasteiger partial charge in [-0.05, 0) is 41.8 Å². The molecule has 22 heavy (non-hydrogen) atoms. The molecule has 3 N–H and O–H groups in total. The van der Waals surface area contributed by atoms with E-state index in [-0.39, 0.29) is 5.75 Å². The van der Waals surface area contributed by atoms with Crippen molar-refractivity contribution in [2.24, 2.45) is 5.73 Å². The quantitative estimate of drug-likeness (QED) is 0.841. The Kier molecular flexibility index (Phi) is 4.77. The van der Waals surface area contributed by atoms with Gasteiger partial charge < -0.3 is 15.6 Å². The Balaban J connectivity index is 2.30. The minimum absolute atomic E-state index is 0.125. The second-order valence-corrected chi connectivity index (χ2v) is 4.87. The summed E-state index contributed by atoms with van der Waals surface area (Å²) in [4.78, 5) is 11.4. The van der Waals surface area contributed by atoms with E-state index in [4.69, 9.17) is 11.0 Å². The molecule has 0 aliphatic carbocycles. The molecule has 2 rings (SSSR count). The fraction of sp³-hybridized carbons (Fsp3) is 0.176. The van der Waals surface area contributed by atoms with Crippen molar-refractivity contribution in [1.29, 1.82) is 5.26 Å². The predicted octanol–water partition coefficient (Wildman–Crippen LogP) is 1.97. The number of aromatic hydroxyl groups is 1. The van der Waals surface area contributed by atoms with E-state index >= 15 is 0 Å². The second-order valence-electron chi connectivity index (χ2n) is 4.87. The molecule has 0 radical (unpaired) electrons. The smallest absolute Gasteiger partial charge is 0.322 e. The number of hydrogen-bond acceptors (Lipinski definition) is 5. The van der Waals surface area contributed by atoms with Gasteiger partial charge in [0.1, 0.15) is 11.8 Å². The lowest BCUT2D eigenvalue weighted by Crippen LogP contribution is -2.33. The molecule has 5 heteroatoms. The first-order chi connectivity index (χ1) is 10.5. The molecule has 0 fully saturated rings. The fourth-order valence-corrected chi connectivity index (χ4v) is 2.15. The van der Waals surface area contributed by atoms with Gasteiger partial charge in [-0.15, -0.1) is 0 Å². The summed E-state index contributed by atoms with van der Waals surface area (Å²) in [6.07, 6.45) is 0.316. The van der Waals surface area contributed by atoms with Gasteiger partial charge in [-0.3, -0.25) is 4.79 Å². The van der Waals surface area contributed by atoms with E-state index in [9.17, 15) is 9.90 Å². The maximum Gasteiger partial charge on any atom is 0.322 e. The Bertz CT molecular complexity index is 718. The monoisotopic (exact) mass is 296 g/mol. The molecule has 0 saturated heterocycles. The van der Waals surface area contributed by atoms with Gasteiger partial charge in [0, 0.05) is 5.56 Å². The first-order valence-electron chi connectivity index (χ1n) is 6.71. The molecular weight excluding hydrogens is 280 g/mol. The zero-order chi connectivity index (χ0) is 16.1. The third kappa shape index (κ3) is 3.43. The highest BCUT2D eigenvalue weighted by molar-refractivity contribution is 5.76. The van der Waals surface area contributed by atoms with Crippen molar-refractivity contribution >= 4 is 5.97 Å². The number of methoxy groups -OCH3 is 1. The summed E-state index contributed by atoms with van der Waals surface area (Å²) in [6.45, 7) is 0. The molecule has 0 unspecified atom stereocenters. The van der Waals surface area contributed by atoms with Crippen LogP contribution in [0.25, 0.3) is 11.1 Å².